The van der Waals surface area contributed by atoms with Gasteiger partial charge in [-0.05, 0) is 30.9 Å². The van der Waals surface area contributed by atoms with Crippen molar-refractivity contribution in [3.05, 3.63) is 18.2 Å². The van der Waals surface area contributed by atoms with E-state index in [-0.39, 0.29) is 0 Å². The van der Waals surface area contributed by atoms with Gasteiger partial charge in [0.25, 0.3) is 0 Å². The molecule has 26 heavy (non-hydrogen) atoms. The molecule has 1 aliphatic rings. The lowest BCUT2D eigenvalue weighted by atomic mass is 9.98. The molecular formula is C17H28N4O4S. The van der Waals surface area contributed by atoms with E-state index in [1.54, 1.807) is 25.6 Å². The predicted molar refractivity (Wildman–Crippen MR) is 104 cm³/mol. The van der Waals surface area contributed by atoms with Gasteiger partial charge < -0.3 is 20.1 Å². The Morgan fingerprint density at radius 1 is 1.23 bits per heavy atom. The van der Waals surface area contributed by atoms with Crippen molar-refractivity contribution < 1.29 is 17.9 Å². The summed E-state index contributed by atoms with van der Waals surface area (Å²) in [7, 11) is 1.82. The van der Waals surface area contributed by atoms with Crippen LogP contribution in [0.3, 0.4) is 0 Å². The highest BCUT2D eigenvalue weighted by Crippen LogP contribution is 2.29. The van der Waals surface area contributed by atoms with Gasteiger partial charge in [0.15, 0.2) is 17.5 Å². The number of methoxy groups -OCH3 is 2. The van der Waals surface area contributed by atoms with Crippen molar-refractivity contribution in [2.45, 2.75) is 12.8 Å². The second-order valence-corrected chi connectivity index (χ2v) is 8.24. The Bertz CT molecular complexity index is 728. The van der Waals surface area contributed by atoms with E-state index in [4.69, 9.17) is 9.47 Å². The molecule has 2 N–H and O–H groups in total. The third-order valence-electron chi connectivity index (χ3n) is 4.47. The van der Waals surface area contributed by atoms with Gasteiger partial charge >= 0.3 is 0 Å². The molecule has 0 aliphatic carbocycles. The molecule has 1 heterocycles. The van der Waals surface area contributed by atoms with E-state index < -0.39 is 10.0 Å². The molecule has 0 atom stereocenters. The molecule has 0 bridgehead atoms. The summed E-state index contributed by atoms with van der Waals surface area (Å²) < 4.78 is 35.2. The first-order valence-corrected chi connectivity index (χ1v) is 10.4. The summed E-state index contributed by atoms with van der Waals surface area (Å²) >= 11 is 0. The minimum atomic E-state index is -3.08. The SMILES string of the molecule is CN=C(NCC1CCN(S(C)(=O)=O)CC1)Nc1ccc(OC)c(OC)c1. The zero-order chi connectivity index (χ0) is 19.2. The Hall–Kier alpha value is -2.00. The van der Waals surface area contributed by atoms with Crippen molar-refractivity contribution in [2.24, 2.45) is 10.9 Å². The molecule has 8 nitrogen and oxygen atoms in total. The predicted octanol–water partition coefficient (Wildman–Crippen LogP) is 1.36. The summed E-state index contributed by atoms with van der Waals surface area (Å²) in [5.74, 6) is 2.37. The molecule has 9 heteroatoms. The highest BCUT2D eigenvalue weighted by Gasteiger charge is 2.24. The molecule has 146 valence electrons. The molecular weight excluding hydrogens is 356 g/mol. The number of hydrogen-bond donors (Lipinski definition) is 2. The Kier molecular flexibility index (Phi) is 7.10. The number of sulfonamides is 1. The topological polar surface area (TPSA) is 92.3 Å². The van der Waals surface area contributed by atoms with Crippen LogP contribution in [-0.2, 0) is 10.0 Å². The van der Waals surface area contributed by atoms with Crippen LogP contribution in [0.5, 0.6) is 11.5 Å². The van der Waals surface area contributed by atoms with Crippen LogP contribution in [0.15, 0.2) is 23.2 Å². The Labute approximate surface area is 155 Å². The second-order valence-electron chi connectivity index (χ2n) is 6.25. The van der Waals surface area contributed by atoms with E-state index in [0.717, 1.165) is 25.1 Å². The van der Waals surface area contributed by atoms with Crippen LogP contribution in [0.25, 0.3) is 0 Å². The zero-order valence-corrected chi connectivity index (χ0v) is 16.6. The van der Waals surface area contributed by atoms with Crippen LogP contribution in [0.2, 0.25) is 0 Å². The molecule has 0 amide bonds. The maximum absolute atomic E-state index is 11.6. The van der Waals surface area contributed by atoms with Crippen molar-refractivity contribution in [3.63, 3.8) is 0 Å². The highest BCUT2D eigenvalue weighted by atomic mass is 32.2. The van der Waals surface area contributed by atoms with E-state index in [2.05, 4.69) is 15.6 Å². The van der Waals surface area contributed by atoms with Crippen molar-refractivity contribution in [1.29, 1.82) is 0 Å². The lowest BCUT2D eigenvalue weighted by Gasteiger charge is -2.30. The molecule has 2 rings (SSSR count). The lowest BCUT2D eigenvalue weighted by Crippen LogP contribution is -2.42. The maximum Gasteiger partial charge on any atom is 0.211 e. The van der Waals surface area contributed by atoms with Crippen LogP contribution in [-0.4, -0.2) is 65.8 Å². The number of nitrogens with one attached hydrogen (secondary N) is 2. The van der Waals surface area contributed by atoms with Gasteiger partial charge in [0, 0.05) is 38.4 Å². The van der Waals surface area contributed by atoms with Gasteiger partial charge in [-0.25, -0.2) is 12.7 Å². The molecule has 1 aromatic rings. The summed E-state index contributed by atoms with van der Waals surface area (Å²) in [6.07, 6.45) is 2.95. The average molecular weight is 385 g/mol. The van der Waals surface area contributed by atoms with E-state index in [9.17, 15) is 8.42 Å². The maximum atomic E-state index is 11.6. The first-order valence-electron chi connectivity index (χ1n) is 8.52. The smallest absolute Gasteiger partial charge is 0.211 e. The number of nitrogens with zero attached hydrogens (tertiary/aromatic N) is 2. The van der Waals surface area contributed by atoms with E-state index in [0.29, 0.717) is 36.5 Å². The van der Waals surface area contributed by atoms with Crippen molar-refractivity contribution in [3.8, 4) is 11.5 Å². The van der Waals surface area contributed by atoms with E-state index in [1.165, 1.54) is 6.26 Å². The fourth-order valence-electron chi connectivity index (χ4n) is 2.92. The Morgan fingerprint density at radius 2 is 1.88 bits per heavy atom. The van der Waals surface area contributed by atoms with Crippen LogP contribution in [0.4, 0.5) is 5.69 Å². The second kappa shape index (κ2) is 9.09. The first kappa shape index (κ1) is 20.3. The Morgan fingerprint density at radius 3 is 2.42 bits per heavy atom. The van der Waals surface area contributed by atoms with Gasteiger partial charge in [-0.15, -0.1) is 0 Å². The minimum Gasteiger partial charge on any atom is -0.493 e. The summed E-state index contributed by atoms with van der Waals surface area (Å²) in [4.78, 5) is 4.24. The Balaban J connectivity index is 1.87. The number of ether oxygens (including phenoxy) is 2. The van der Waals surface area contributed by atoms with Crippen LogP contribution >= 0.6 is 0 Å². The fraction of sp³-hybridized carbons (Fsp3) is 0.588. The largest absolute Gasteiger partial charge is 0.493 e. The molecule has 0 aromatic heterocycles. The molecule has 1 aliphatic heterocycles. The van der Waals surface area contributed by atoms with Gasteiger partial charge in [-0.2, -0.15) is 0 Å². The zero-order valence-electron chi connectivity index (χ0n) is 15.8. The number of piperidine rings is 1. The highest BCUT2D eigenvalue weighted by molar-refractivity contribution is 7.88. The van der Waals surface area contributed by atoms with Crippen LogP contribution in [0.1, 0.15) is 12.8 Å². The van der Waals surface area contributed by atoms with E-state index in [1.807, 2.05) is 18.2 Å². The molecule has 0 spiro atoms. The number of anilines is 1. The summed E-state index contributed by atoms with van der Waals surface area (Å²) in [5, 5.41) is 6.53. The van der Waals surface area contributed by atoms with Crippen molar-refractivity contribution in [2.75, 3.05) is 52.5 Å². The third-order valence-corrected chi connectivity index (χ3v) is 5.77. The molecule has 0 saturated carbocycles. The van der Waals surface area contributed by atoms with E-state index >= 15 is 0 Å². The monoisotopic (exact) mass is 384 g/mol. The number of aliphatic imine (C=N–C) groups is 1. The normalized spacial score (nSPS) is 17.0. The van der Waals surface area contributed by atoms with Crippen molar-refractivity contribution in [1.82, 2.24) is 9.62 Å². The van der Waals surface area contributed by atoms with Gasteiger partial charge in [0.1, 0.15) is 0 Å². The quantitative estimate of drug-likeness (QED) is 0.568. The molecule has 0 radical (unpaired) electrons. The van der Waals surface area contributed by atoms with Gasteiger partial charge in [0.2, 0.25) is 10.0 Å². The standard InChI is InChI=1S/C17H28N4O4S/c1-18-17(20-14-5-6-15(24-2)16(11-14)25-3)19-12-13-7-9-21(10-8-13)26(4,22)23/h5-6,11,13H,7-10,12H2,1-4H3,(H2,18,19,20). The number of guanidine groups is 1. The van der Waals surface area contributed by atoms with Crippen LogP contribution in [0, 0.1) is 5.92 Å². The summed E-state index contributed by atoms with van der Waals surface area (Å²) in [6.45, 7) is 1.89. The first-order chi connectivity index (χ1) is 12.4. The lowest BCUT2D eigenvalue weighted by molar-refractivity contribution is 0.275. The number of rotatable bonds is 6. The number of hydrogen-bond acceptors (Lipinski definition) is 5. The van der Waals surface area contributed by atoms with Gasteiger partial charge in [-0.3, -0.25) is 4.99 Å². The molecule has 0 unspecified atom stereocenters. The molecule has 1 aromatic carbocycles. The molecule has 1 fully saturated rings. The summed E-state index contributed by atoms with van der Waals surface area (Å²) in [6, 6.07) is 5.56. The van der Waals surface area contributed by atoms with Crippen LogP contribution < -0.4 is 20.1 Å². The van der Waals surface area contributed by atoms with Gasteiger partial charge in [-0.1, -0.05) is 0 Å². The average Bonchev–Trinajstić information content (AvgIpc) is 2.64. The number of benzene rings is 1. The summed E-state index contributed by atoms with van der Waals surface area (Å²) in [5.41, 5.74) is 0.836. The molecule has 1 saturated heterocycles. The fourth-order valence-corrected chi connectivity index (χ4v) is 3.79. The van der Waals surface area contributed by atoms with Gasteiger partial charge in [0.05, 0.1) is 20.5 Å². The van der Waals surface area contributed by atoms with Crippen molar-refractivity contribution >= 4 is 21.7 Å². The minimum absolute atomic E-state index is 0.414. The third kappa shape index (κ3) is 5.50.